The fourth-order valence-electron chi connectivity index (χ4n) is 4.98. The number of nitrogens with one attached hydrogen (secondary N) is 1. The molecule has 2 aromatic carbocycles. The number of carbonyl (C=O) groups is 1. The summed E-state index contributed by atoms with van der Waals surface area (Å²) >= 11 is 0. The summed E-state index contributed by atoms with van der Waals surface area (Å²) in [7, 11) is 3.19. The highest BCUT2D eigenvalue weighted by molar-refractivity contribution is 5.98. The molecule has 7 heteroatoms. The van der Waals surface area contributed by atoms with Crippen LogP contribution in [0.2, 0.25) is 0 Å². The van der Waals surface area contributed by atoms with Crippen molar-refractivity contribution in [2.45, 2.75) is 44.7 Å². The van der Waals surface area contributed by atoms with E-state index in [1.807, 2.05) is 48.5 Å². The normalized spacial score (nSPS) is 14.4. The van der Waals surface area contributed by atoms with Gasteiger partial charge in [0.1, 0.15) is 22.7 Å². The van der Waals surface area contributed by atoms with Crippen LogP contribution < -0.4 is 20.3 Å². The molecule has 1 amide bonds. The first-order chi connectivity index (χ1) is 16.6. The van der Waals surface area contributed by atoms with Gasteiger partial charge in [-0.05, 0) is 36.6 Å². The van der Waals surface area contributed by atoms with Crippen LogP contribution in [0.5, 0.6) is 11.5 Å². The minimum Gasteiger partial charge on any atom is -0.496 e. The Balaban J connectivity index is 1.72. The predicted octanol–water partition coefficient (Wildman–Crippen LogP) is 4.38. The molecule has 0 radical (unpaired) electrons. The number of amides is 1. The summed E-state index contributed by atoms with van der Waals surface area (Å²) in [5, 5.41) is 3.94. The Labute approximate surface area is 197 Å². The van der Waals surface area contributed by atoms with Crippen molar-refractivity contribution in [1.29, 1.82) is 0 Å². The maximum atomic E-state index is 13.8. The molecule has 7 nitrogen and oxygen atoms in total. The SMILES string of the molecule is COc1ccc(OC)c2c1cc1c(=O)n(Cc3ccccc3)c(C(=O)NC3CCCCC3)cn12. The van der Waals surface area contributed by atoms with E-state index >= 15 is 0 Å². The van der Waals surface area contributed by atoms with Gasteiger partial charge in [-0.25, -0.2) is 0 Å². The molecule has 1 N–H and O–H groups in total. The number of nitrogens with zero attached hydrogens (tertiary/aromatic N) is 2. The standard InChI is InChI=1S/C27H29N3O4/c1-33-23-13-14-24(34-2)25-20(23)15-21-27(32)30(16-18-9-5-3-6-10-18)22(17-29(21)25)26(31)28-19-11-7-4-8-12-19/h3,5-6,9-10,13-15,17,19H,4,7-8,11-12,16H2,1-2H3,(H,28,31). The molecule has 5 rings (SSSR count). The molecule has 0 unspecified atom stereocenters. The molecule has 2 aromatic heterocycles. The number of benzene rings is 2. The maximum Gasteiger partial charge on any atom is 0.275 e. The van der Waals surface area contributed by atoms with Crippen LogP contribution in [0.3, 0.4) is 0 Å². The van der Waals surface area contributed by atoms with Crippen LogP contribution in [-0.4, -0.2) is 35.1 Å². The van der Waals surface area contributed by atoms with Crippen LogP contribution in [0.4, 0.5) is 0 Å². The molecule has 0 bridgehead atoms. The fourth-order valence-corrected chi connectivity index (χ4v) is 4.98. The van der Waals surface area contributed by atoms with E-state index in [0.29, 0.717) is 34.8 Å². The zero-order valence-corrected chi connectivity index (χ0v) is 19.5. The van der Waals surface area contributed by atoms with Crippen LogP contribution in [0.25, 0.3) is 16.4 Å². The van der Waals surface area contributed by atoms with Gasteiger partial charge in [0.2, 0.25) is 0 Å². The van der Waals surface area contributed by atoms with Gasteiger partial charge in [-0.1, -0.05) is 49.6 Å². The molecular weight excluding hydrogens is 430 g/mol. The lowest BCUT2D eigenvalue weighted by Crippen LogP contribution is -2.40. The van der Waals surface area contributed by atoms with Crippen molar-refractivity contribution in [3.8, 4) is 11.5 Å². The van der Waals surface area contributed by atoms with Gasteiger partial charge in [-0.3, -0.25) is 14.2 Å². The smallest absolute Gasteiger partial charge is 0.275 e. The van der Waals surface area contributed by atoms with E-state index in [1.165, 1.54) is 6.42 Å². The molecule has 0 saturated heterocycles. The molecule has 1 aliphatic carbocycles. The molecule has 0 spiro atoms. The largest absolute Gasteiger partial charge is 0.496 e. The van der Waals surface area contributed by atoms with E-state index in [4.69, 9.17) is 9.47 Å². The first kappa shape index (κ1) is 22.1. The second-order valence-corrected chi connectivity index (χ2v) is 8.83. The van der Waals surface area contributed by atoms with Crippen molar-refractivity contribution < 1.29 is 14.3 Å². The number of rotatable bonds is 6. The van der Waals surface area contributed by atoms with Crippen LogP contribution in [0, 0.1) is 0 Å². The van der Waals surface area contributed by atoms with E-state index in [2.05, 4.69) is 5.32 Å². The van der Waals surface area contributed by atoms with Gasteiger partial charge in [-0.2, -0.15) is 0 Å². The minimum atomic E-state index is -0.236. The first-order valence-electron chi connectivity index (χ1n) is 11.7. The Hall–Kier alpha value is -3.74. The van der Waals surface area contributed by atoms with Crippen molar-refractivity contribution in [1.82, 2.24) is 14.3 Å². The summed E-state index contributed by atoms with van der Waals surface area (Å²) in [5.74, 6) is 1.02. The van der Waals surface area contributed by atoms with Crippen molar-refractivity contribution in [2.75, 3.05) is 14.2 Å². The summed E-state index contributed by atoms with van der Waals surface area (Å²) in [6, 6.07) is 15.3. The molecule has 1 fully saturated rings. The van der Waals surface area contributed by atoms with Gasteiger partial charge in [0.15, 0.2) is 0 Å². The van der Waals surface area contributed by atoms with Crippen LogP contribution in [0.15, 0.2) is 59.5 Å². The second-order valence-electron chi connectivity index (χ2n) is 8.83. The summed E-state index contributed by atoms with van der Waals surface area (Å²) < 4.78 is 14.5. The molecule has 1 aliphatic rings. The first-order valence-corrected chi connectivity index (χ1v) is 11.7. The van der Waals surface area contributed by atoms with Crippen molar-refractivity contribution in [3.63, 3.8) is 0 Å². The lowest BCUT2D eigenvalue weighted by atomic mass is 9.95. The summed E-state index contributed by atoms with van der Waals surface area (Å²) in [6.45, 7) is 0.305. The Bertz CT molecular complexity index is 1400. The Kier molecular flexibility index (Phi) is 6.01. The van der Waals surface area contributed by atoms with Gasteiger partial charge in [0, 0.05) is 17.6 Å². The number of hydrogen-bond donors (Lipinski definition) is 1. The monoisotopic (exact) mass is 459 g/mol. The van der Waals surface area contributed by atoms with E-state index in [9.17, 15) is 9.59 Å². The van der Waals surface area contributed by atoms with Gasteiger partial charge in [-0.15, -0.1) is 0 Å². The van der Waals surface area contributed by atoms with Gasteiger partial charge >= 0.3 is 0 Å². The van der Waals surface area contributed by atoms with Crippen molar-refractivity contribution in [3.05, 3.63) is 76.3 Å². The molecule has 4 aromatic rings. The average Bonchev–Trinajstić information content (AvgIpc) is 3.26. The van der Waals surface area contributed by atoms with Crippen LogP contribution in [0.1, 0.15) is 48.2 Å². The minimum absolute atomic E-state index is 0.133. The third kappa shape index (κ3) is 3.91. The molecule has 2 heterocycles. The molecule has 0 atom stereocenters. The summed E-state index contributed by atoms with van der Waals surface area (Å²) in [5.41, 5.74) is 2.21. The fraction of sp³-hybridized carbons (Fsp3) is 0.333. The maximum absolute atomic E-state index is 13.8. The molecule has 34 heavy (non-hydrogen) atoms. The number of fused-ring (bicyclic) bond motifs is 3. The van der Waals surface area contributed by atoms with Gasteiger partial charge in [0.05, 0.1) is 26.3 Å². The number of aromatic nitrogens is 2. The number of carbonyl (C=O) groups excluding carboxylic acids is 1. The van der Waals surface area contributed by atoms with Crippen molar-refractivity contribution in [2.24, 2.45) is 0 Å². The lowest BCUT2D eigenvalue weighted by Gasteiger charge is -2.23. The van der Waals surface area contributed by atoms with Crippen molar-refractivity contribution >= 4 is 22.3 Å². The predicted molar refractivity (Wildman–Crippen MR) is 132 cm³/mol. The molecule has 0 aliphatic heterocycles. The molecule has 176 valence electrons. The Morgan fingerprint density at radius 1 is 1.00 bits per heavy atom. The zero-order chi connectivity index (χ0) is 23.7. The Morgan fingerprint density at radius 3 is 2.41 bits per heavy atom. The van der Waals surface area contributed by atoms with Gasteiger partial charge < -0.3 is 19.2 Å². The topological polar surface area (TPSA) is 74.0 Å². The van der Waals surface area contributed by atoms with E-state index < -0.39 is 0 Å². The summed E-state index contributed by atoms with van der Waals surface area (Å²) in [4.78, 5) is 27.3. The number of methoxy groups -OCH3 is 2. The van der Waals surface area contributed by atoms with Gasteiger partial charge in [0.25, 0.3) is 11.5 Å². The highest BCUT2D eigenvalue weighted by Gasteiger charge is 2.23. The van der Waals surface area contributed by atoms with Crippen LogP contribution in [-0.2, 0) is 6.54 Å². The highest BCUT2D eigenvalue weighted by Crippen LogP contribution is 2.35. The molecule has 1 saturated carbocycles. The van der Waals surface area contributed by atoms with E-state index in [0.717, 1.165) is 36.6 Å². The summed E-state index contributed by atoms with van der Waals surface area (Å²) in [6.07, 6.45) is 7.11. The number of ether oxygens (including phenoxy) is 2. The number of hydrogen-bond acceptors (Lipinski definition) is 4. The Morgan fingerprint density at radius 2 is 1.71 bits per heavy atom. The van der Waals surface area contributed by atoms with E-state index in [-0.39, 0.29) is 17.5 Å². The highest BCUT2D eigenvalue weighted by atomic mass is 16.5. The van der Waals surface area contributed by atoms with Crippen LogP contribution >= 0.6 is 0 Å². The average molecular weight is 460 g/mol. The zero-order valence-electron chi connectivity index (χ0n) is 19.5. The van der Waals surface area contributed by atoms with E-state index in [1.54, 1.807) is 29.4 Å². The third-order valence-electron chi connectivity index (χ3n) is 6.72. The second kappa shape index (κ2) is 9.25. The quantitative estimate of drug-likeness (QED) is 0.464. The lowest BCUT2D eigenvalue weighted by molar-refractivity contribution is 0.0917. The molecular formula is C27H29N3O4. The third-order valence-corrected chi connectivity index (χ3v) is 6.72.